The molecule has 16 heavy (non-hydrogen) atoms. The summed E-state index contributed by atoms with van der Waals surface area (Å²) in [6, 6.07) is 0. The molecule has 1 N–H and O–H groups in total. The third-order valence-corrected chi connectivity index (χ3v) is 1.90. The van der Waals surface area contributed by atoms with Crippen molar-refractivity contribution in [2.24, 2.45) is 11.2 Å². The molecule has 0 aromatic carbocycles. The van der Waals surface area contributed by atoms with E-state index in [0.29, 0.717) is 0 Å². The third-order valence-electron chi connectivity index (χ3n) is 1.90. The highest BCUT2D eigenvalue weighted by Gasteiger charge is 2.38. The first kappa shape index (κ1) is 12.0. The standard InChI is InChI=1S/C7H11N3O6/c1-5(11)15-4-16-8-10(14)9-2-6(3-9)7(12)13/h6H,2-4H2,1H3,(H,12,13)/b10-8-. The van der Waals surface area contributed by atoms with Gasteiger partial charge in [0.25, 0.3) is 6.79 Å². The van der Waals surface area contributed by atoms with Gasteiger partial charge in [0.2, 0.25) is 5.28 Å². The average molecular weight is 233 g/mol. The highest BCUT2D eigenvalue weighted by Crippen LogP contribution is 2.15. The highest BCUT2D eigenvalue weighted by atomic mass is 16.8. The van der Waals surface area contributed by atoms with Crippen LogP contribution in [0.2, 0.25) is 0 Å². The van der Waals surface area contributed by atoms with Gasteiger partial charge in [0.15, 0.2) is 0 Å². The fourth-order valence-corrected chi connectivity index (χ4v) is 0.985. The van der Waals surface area contributed by atoms with Crippen molar-refractivity contribution < 1.29 is 29.2 Å². The van der Waals surface area contributed by atoms with E-state index in [4.69, 9.17) is 5.11 Å². The van der Waals surface area contributed by atoms with Crippen LogP contribution < -0.4 is 0 Å². The van der Waals surface area contributed by atoms with Gasteiger partial charge in [-0.05, 0) is 0 Å². The van der Waals surface area contributed by atoms with E-state index in [9.17, 15) is 14.8 Å². The molecule has 1 fully saturated rings. The lowest BCUT2D eigenvalue weighted by Crippen LogP contribution is -2.53. The number of rotatable bonds is 5. The number of hydrogen-bond acceptors (Lipinski definition) is 6. The van der Waals surface area contributed by atoms with Gasteiger partial charge in [-0.15, -0.1) is 5.01 Å². The van der Waals surface area contributed by atoms with Crippen molar-refractivity contribution in [3.8, 4) is 0 Å². The lowest BCUT2D eigenvalue weighted by molar-refractivity contribution is -0.726. The quantitative estimate of drug-likeness (QED) is 0.167. The van der Waals surface area contributed by atoms with E-state index in [1.165, 1.54) is 6.92 Å². The Morgan fingerprint density at radius 1 is 1.62 bits per heavy atom. The number of hydrogen-bond donors (Lipinski definition) is 1. The first-order valence-corrected chi connectivity index (χ1v) is 4.42. The SMILES string of the molecule is CC(=O)OCO/N=[N+](\[O-])N1CC(C(=O)O)C1. The van der Waals surface area contributed by atoms with Crippen LogP contribution in [0.25, 0.3) is 0 Å². The van der Waals surface area contributed by atoms with Crippen molar-refractivity contribution in [3.05, 3.63) is 5.21 Å². The minimum absolute atomic E-state index is 0.0826. The summed E-state index contributed by atoms with van der Waals surface area (Å²) >= 11 is 0. The molecule has 9 nitrogen and oxygen atoms in total. The molecule has 0 aliphatic carbocycles. The van der Waals surface area contributed by atoms with E-state index in [0.717, 1.165) is 5.01 Å². The first-order valence-electron chi connectivity index (χ1n) is 4.42. The number of ether oxygens (including phenoxy) is 1. The van der Waals surface area contributed by atoms with Gasteiger partial charge >= 0.3 is 11.9 Å². The average Bonchev–Trinajstić information content (AvgIpc) is 2.08. The number of carbonyl (C=O) groups is 2. The molecule has 0 bridgehead atoms. The van der Waals surface area contributed by atoms with Crippen LogP contribution in [0.3, 0.4) is 0 Å². The minimum atomic E-state index is -0.953. The van der Waals surface area contributed by atoms with Crippen molar-refractivity contribution in [3.63, 3.8) is 0 Å². The summed E-state index contributed by atoms with van der Waals surface area (Å²) in [5, 5.41) is 23.8. The van der Waals surface area contributed by atoms with Gasteiger partial charge in [0.05, 0.1) is 18.1 Å². The Balaban J connectivity index is 2.20. The summed E-state index contributed by atoms with van der Waals surface area (Å²) in [5.41, 5.74) is 0. The van der Waals surface area contributed by atoms with Gasteiger partial charge in [0.1, 0.15) is 5.92 Å². The molecule has 1 saturated heterocycles. The number of carbonyl (C=O) groups excluding carboxylic acids is 1. The van der Waals surface area contributed by atoms with E-state index >= 15 is 0 Å². The molecule has 0 saturated carbocycles. The number of carboxylic acid groups (broad SMARTS) is 1. The fraction of sp³-hybridized carbons (Fsp3) is 0.714. The normalized spacial score (nSPS) is 16.6. The van der Waals surface area contributed by atoms with Crippen molar-refractivity contribution >= 4 is 11.9 Å². The van der Waals surface area contributed by atoms with Crippen LogP contribution in [0.15, 0.2) is 5.28 Å². The molecule has 0 radical (unpaired) electrons. The maximum absolute atomic E-state index is 11.1. The van der Waals surface area contributed by atoms with E-state index in [1.54, 1.807) is 0 Å². The molecule has 0 aromatic heterocycles. The van der Waals surface area contributed by atoms with Gasteiger partial charge in [-0.2, -0.15) is 0 Å². The molecule has 0 aromatic rings. The molecule has 90 valence electrons. The van der Waals surface area contributed by atoms with Crippen LogP contribution in [-0.2, 0) is 19.2 Å². The Hall–Kier alpha value is -2.06. The Kier molecular flexibility index (Phi) is 3.86. The summed E-state index contributed by atoms with van der Waals surface area (Å²) in [5.74, 6) is -2.06. The number of carboxylic acids is 1. The third kappa shape index (κ3) is 3.26. The van der Waals surface area contributed by atoms with Crippen LogP contribution in [-0.4, -0.2) is 46.9 Å². The predicted molar refractivity (Wildman–Crippen MR) is 46.5 cm³/mol. The number of hydrazine groups is 1. The van der Waals surface area contributed by atoms with Crippen LogP contribution in [0.1, 0.15) is 6.92 Å². The summed E-state index contributed by atoms with van der Waals surface area (Å²) in [4.78, 5) is 25.2. The van der Waals surface area contributed by atoms with Crippen molar-refractivity contribution in [2.45, 2.75) is 6.92 Å². The molecule has 1 aliphatic heterocycles. The number of esters is 1. The molecule has 1 rings (SSSR count). The molecule has 0 spiro atoms. The van der Waals surface area contributed by atoms with E-state index in [2.05, 4.69) is 14.9 Å². The summed E-state index contributed by atoms with van der Waals surface area (Å²) in [7, 11) is 0. The monoisotopic (exact) mass is 233 g/mol. The maximum atomic E-state index is 11.1. The summed E-state index contributed by atoms with van der Waals surface area (Å²) in [6.07, 6.45) is 0. The molecule has 1 aliphatic rings. The predicted octanol–water partition coefficient (Wildman–Crippen LogP) is -0.667. The molecule has 9 heteroatoms. The van der Waals surface area contributed by atoms with Gasteiger partial charge in [-0.25, -0.2) is 0 Å². The molecule has 0 amide bonds. The maximum Gasteiger partial charge on any atom is 0.310 e. The molecular formula is C7H11N3O6. The zero-order valence-corrected chi connectivity index (χ0v) is 8.53. The fourth-order valence-electron chi connectivity index (χ4n) is 0.985. The molecule has 0 unspecified atom stereocenters. The second-order valence-electron chi connectivity index (χ2n) is 3.12. The Morgan fingerprint density at radius 2 is 2.25 bits per heavy atom. The topological polar surface area (TPSA) is 114 Å². The lowest BCUT2D eigenvalue weighted by atomic mass is 10.0. The van der Waals surface area contributed by atoms with Crippen LogP contribution in [0.5, 0.6) is 0 Å². The van der Waals surface area contributed by atoms with E-state index < -0.39 is 24.6 Å². The Morgan fingerprint density at radius 3 is 2.75 bits per heavy atom. The smallest absolute Gasteiger partial charge is 0.310 e. The van der Waals surface area contributed by atoms with Crippen molar-refractivity contribution in [1.29, 1.82) is 0 Å². The number of nitrogens with zero attached hydrogens (tertiary/aromatic N) is 3. The number of aliphatic carboxylic acids is 1. The van der Waals surface area contributed by atoms with Crippen LogP contribution >= 0.6 is 0 Å². The van der Waals surface area contributed by atoms with Crippen molar-refractivity contribution in [2.75, 3.05) is 19.9 Å². The van der Waals surface area contributed by atoms with Gasteiger partial charge < -0.3 is 19.9 Å². The van der Waals surface area contributed by atoms with Crippen LogP contribution in [0.4, 0.5) is 0 Å². The van der Waals surface area contributed by atoms with Crippen molar-refractivity contribution in [1.82, 2.24) is 5.01 Å². The van der Waals surface area contributed by atoms with Crippen LogP contribution in [0, 0.1) is 11.1 Å². The first-order chi connectivity index (χ1) is 7.50. The second-order valence-corrected chi connectivity index (χ2v) is 3.12. The molecule has 1 heterocycles. The Labute approximate surface area is 90.4 Å². The largest absolute Gasteiger partial charge is 0.569 e. The zero-order valence-electron chi connectivity index (χ0n) is 8.53. The second kappa shape index (κ2) is 5.14. The van der Waals surface area contributed by atoms with E-state index in [1.807, 2.05) is 0 Å². The minimum Gasteiger partial charge on any atom is -0.569 e. The molecular weight excluding hydrogens is 222 g/mol. The zero-order chi connectivity index (χ0) is 12.1. The highest BCUT2D eigenvalue weighted by molar-refractivity contribution is 5.71. The summed E-state index contributed by atoms with van der Waals surface area (Å²) < 4.78 is 4.35. The molecule has 0 atom stereocenters. The van der Waals surface area contributed by atoms with Gasteiger partial charge in [-0.1, -0.05) is 0 Å². The Bertz CT molecular complexity index is 311. The van der Waals surface area contributed by atoms with E-state index in [-0.39, 0.29) is 18.1 Å². The lowest BCUT2D eigenvalue weighted by Gasteiger charge is -2.30. The summed E-state index contributed by atoms with van der Waals surface area (Å²) in [6.45, 7) is 0.897. The van der Waals surface area contributed by atoms with Gasteiger partial charge in [0, 0.05) is 6.92 Å². The van der Waals surface area contributed by atoms with Gasteiger partial charge in [-0.3, -0.25) is 9.59 Å².